The summed E-state index contributed by atoms with van der Waals surface area (Å²) in [5, 5.41) is 6.90. The molecule has 0 saturated carbocycles. The molecule has 0 aromatic carbocycles. The lowest BCUT2D eigenvalue weighted by molar-refractivity contribution is 0.820. The minimum absolute atomic E-state index is 0.423. The second-order valence-corrected chi connectivity index (χ2v) is 3.16. The van der Waals surface area contributed by atoms with E-state index in [-0.39, 0.29) is 0 Å². The van der Waals surface area contributed by atoms with Crippen molar-refractivity contribution in [2.45, 2.75) is 19.8 Å². The molecule has 0 spiro atoms. The smallest absolute Gasteiger partial charge is 0.0501 e. The summed E-state index contributed by atoms with van der Waals surface area (Å²) in [4.78, 5) is 4.30. The molecule has 68 valence electrons. The molecule has 1 N–H and O–H groups in total. The number of allylic oxidation sites excluding steroid dienone is 1. The number of nitrogens with zero attached hydrogens (tertiary/aromatic N) is 1. The number of hydrogen-bond acceptors (Lipinski definition) is 2. The first-order valence-electron chi connectivity index (χ1n) is 4.37. The van der Waals surface area contributed by atoms with Gasteiger partial charge in [0.05, 0.1) is 5.69 Å². The van der Waals surface area contributed by atoms with Gasteiger partial charge >= 0.3 is 0 Å². The Morgan fingerprint density at radius 3 is 2.85 bits per heavy atom. The molecular formula is C11H14N2. The van der Waals surface area contributed by atoms with Crippen LogP contribution in [0.4, 0.5) is 0 Å². The summed E-state index contributed by atoms with van der Waals surface area (Å²) in [6.45, 7) is 4.23. The minimum atomic E-state index is 0.423. The van der Waals surface area contributed by atoms with Crippen molar-refractivity contribution in [1.82, 2.24) is 4.98 Å². The fourth-order valence-electron chi connectivity index (χ4n) is 1.21. The van der Waals surface area contributed by atoms with E-state index in [9.17, 15) is 0 Å². The largest absolute Gasteiger partial charge is 0.309 e. The van der Waals surface area contributed by atoms with Gasteiger partial charge in [0.2, 0.25) is 0 Å². The highest BCUT2D eigenvalue weighted by atomic mass is 14.7. The molecule has 0 aliphatic heterocycles. The molecule has 0 fully saturated rings. The van der Waals surface area contributed by atoms with Gasteiger partial charge in [-0.25, -0.2) is 0 Å². The van der Waals surface area contributed by atoms with Crippen LogP contribution < -0.4 is 0 Å². The predicted molar refractivity (Wildman–Crippen MR) is 56.1 cm³/mol. The lowest BCUT2D eigenvalue weighted by Gasteiger charge is -2.06. The first-order chi connectivity index (χ1) is 6.25. The second kappa shape index (κ2) is 4.55. The Morgan fingerprint density at radius 1 is 1.46 bits per heavy atom. The maximum Gasteiger partial charge on any atom is 0.0501 e. The Bertz CT molecular complexity index is 314. The standard InChI is InChI=1S/C11H14N2/c1-9(2)11-10(5-3-7-12)6-4-8-13-11/h3-9,12H,1-2H3/b5-3-,12-7?. The first kappa shape index (κ1) is 9.65. The van der Waals surface area contributed by atoms with E-state index in [4.69, 9.17) is 5.41 Å². The Hall–Kier alpha value is -1.44. The molecule has 0 aliphatic carbocycles. The molecule has 1 rings (SSSR count). The SMILES string of the molecule is CC(C)c1ncccc1/C=C\C=N. The van der Waals surface area contributed by atoms with Gasteiger partial charge in [0, 0.05) is 12.4 Å². The topological polar surface area (TPSA) is 36.7 Å². The van der Waals surface area contributed by atoms with Gasteiger partial charge in [0.25, 0.3) is 0 Å². The molecule has 0 bridgehead atoms. The Balaban J connectivity index is 3.04. The molecule has 2 heteroatoms. The highest BCUT2D eigenvalue weighted by molar-refractivity contribution is 5.76. The van der Waals surface area contributed by atoms with E-state index in [0.717, 1.165) is 11.3 Å². The van der Waals surface area contributed by atoms with E-state index in [2.05, 4.69) is 18.8 Å². The number of nitrogens with one attached hydrogen (secondary N) is 1. The molecule has 0 atom stereocenters. The van der Waals surface area contributed by atoms with Crippen LogP contribution in [0.25, 0.3) is 6.08 Å². The van der Waals surface area contributed by atoms with Crippen LogP contribution in [0.5, 0.6) is 0 Å². The van der Waals surface area contributed by atoms with E-state index >= 15 is 0 Å². The molecular weight excluding hydrogens is 160 g/mol. The van der Waals surface area contributed by atoms with Crippen molar-refractivity contribution in [2.75, 3.05) is 0 Å². The van der Waals surface area contributed by atoms with Gasteiger partial charge in [-0.1, -0.05) is 26.0 Å². The van der Waals surface area contributed by atoms with Crippen LogP contribution in [-0.2, 0) is 0 Å². The van der Waals surface area contributed by atoms with Gasteiger partial charge in [0.15, 0.2) is 0 Å². The Morgan fingerprint density at radius 2 is 2.23 bits per heavy atom. The van der Waals surface area contributed by atoms with Crippen LogP contribution in [0, 0.1) is 5.41 Å². The summed E-state index contributed by atoms with van der Waals surface area (Å²) in [7, 11) is 0. The van der Waals surface area contributed by atoms with Gasteiger partial charge < -0.3 is 5.41 Å². The van der Waals surface area contributed by atoms with Gasteiger partial charge in [-0.3, -0.25) is 4.98 Å². The molecule has 1 aromatic rings. The van der Waals surface area contributed by atoms with E-state index in [0.29, 0.717) is 5.92 Å². The van der Waals surface area contributed by atoms with Gasteiger partial charge in [-0.2, -0.15) is 0 Å². The minimum Gasteiger partial charge on any atom is -0.309 e. The summed E-state index contributed by atoms with van der Waals surface area (Å²) in [6, 6.07) is 3.93. The average molecular weight is 174 g/mol. The predicted octanol–water partition coefficient (Wildman–Crippen LogP) is 2.87. The van der Waals surface area contributed by atoms with Crippen molar-refractivity contribution in [3.63, 3.8) is 0 Å². The monoisotopic (exact) mass is 174 g/mol. The Labute approximate surface area is 78.8 Å². The van der Waals surface area contributed by atoms with Crippen LogP contribution in [-0.4, -0.2) is 11.2 Å². The van der Waals surface area contributed by atoms with Gasteiger partial charge in [-0.15, -0.1) is 0 Å². The average Bonchev–Trinajstić information content (AvgIpc) is 2.15. The fourth-order valence-corrected chi connectivity index (χ4v) is 1.21. The fraction of sp³-hybridized carbons (Fsp3) is 0.273. The lowest BCUT2D eigenvalue weighted by atomic mass is 10.0. The van der Waals surface area contributed by atoms with E-state index < -0.39 is 0 Å². The Kier molecular flexibility index (Phi) is 3.38. The molecule has 0 unspecified atom stereocenters. The zero-order valence-electron chi connectivity index (χ0n) is 7.99. The number of aromatic nitrogens is 1. The molecule has 0 amide bonds. The highest BCUT2D eigenvalue weighted by Gasteiger charge is 2.03. The molecule has 0 saturated heterocycles. The number of rotatable bonds is 3. The molecule has 0 aliphatic rings. The van der Waals surface area contributed by atoms with Crippen LogP contribution >= 0.6 is 0 Å². The quantitative estimate of drug-likeness (QED) is 0.703. The number of pyridine rings is 1. The van der Waals surface area contributed by atoms with Crippen molar-refractivity contribution in [1.29, 1.82) is 5.41 Å². The van der Waals surface area contributed by atoms with Crippen molar-refractivity contribution in [2.24, 2.45) is 0 Å². The molecule has 1 aromatic heterocycles. The third-order valence-corrected chi connectivity index (χ3v) is 1.79. The second-order valence-electron chi connectivity index (χ2n) is 3.16. The molecule has 2 nitrogen and oxygen atoms in total. The van der Waals surface area contributed by atoms with Crippen LogP contribution in [0.1, 0.15) is 31.0 Å². The first-order valence-corrected chi connectivity index (χ1v) is 4.37. The summed E-state index contributed by atoms with van der Waals surface area (Å²) in [5.41, 5.74) is 2.18. The van der Waals surface area contributed by atoms with Crippen LogP contribution in [0.2, 0.25) is 0 Å². The normalized spacial score (nSPS) is 11.0. The summed E-state index contributed by atoms with van der Waals surface area (Å²) in [5.74, 6) is 0.423. The van der Waals surface area contributed by atoms with E-state index in [1.165, 1.54) is 6.21 Å². The zero-order chi connectivity index (χ0) is 9.68. The van der Waals surface area contributed by atoms with Crippen LogP contribution in [0.3, 0.4) is 0 Å². The van der Waals surface area contributed by atoms with Gasteiger partial charge in [-0.05, 0) is 23.6 Å². The number of hydrogen-bond donors (Lipinski definition) is 1. The van der Waals surface area contributed by atoms with Crippen molar-refractivity contribution in [3.05, 3.63) is 35.7 Å². The highest BCUT2D eigenvalue weighted by Crippen LogP contribution is 2.17. The lowest BCUT2D eigenvalue weighted by Crippen LogP contribution is -1.95. The maximum atomic E-state index is 6.90. The molecule has 13 heavy (non-hydrogen) atoms. The van der Waals surface area contributed by atoms with Crippen molar-refractivity contribution >= 4 is 12.3 Å². The molecule has 0 radical (unpaired) electrons. The van der Waals surface area contributed by atoms with Crippen LogP contribution in [0.15, 0.2) is 24.4 Å². The molecule has 1 heterocycles. The van der Waals surface area contributed by atoms with Crippen molar-refractivity contribution in [3.8, 4) is 0 Å². The third-order valence-electron chi connectivity index (χ3n) is 1.79. The third kappa shape index (κ3) is 2.51. The zero-order valence-corrected chi connectivity index (χ0v) is 7.99. The van der Waals surface area contributed by atoms with E-state index in [1.807, 2.05) is 18.2 Å². The summed E-state index contributed by atoms with van der Waals surface area (Å²) in [6.07, 6.45) is 6.70. The van der Waals surface area contributed by atoms with Crippen molar-refractivity contribution < 1.29 is 0 Å². The maximum absolute atomic E-state index is 6.90. The summed E-state index contributed by atoms with van der Waals surface area (Å²) >= 11 is 0. The van der Waals surface area contributed by atoms with Gasteiger partial charge in [0.1, 0.15) is 0 Å². The van der Waals surface area contributed by atoms with E-state index in [1.54, 1.807) is 12.3 Å². The summed E-state index contributed by atoms with van der Waals surface area (Å²) < 4.78 is 0.